The Labute approximate surface area is 185 Å². The Balaban J connectivity index is 1.06. The summed E-state index contributed by atoms with van der Waals surface area (Å²) in [7, 11) is 0. The zero-order chi connectivity index (χ0) is 20.8. The first-order valence-corrected chi connectivity index (χ1v) is 11.0. The third-order valence-electron chi connectivity index (χ3n) is 6.42. The number of hydrogen-bond donors (Lipinski definition) is 1. The van der Waals surface area contributed by atoms with Gasteiger partial charge < -0.3 is 15.0 Å². The molecule has 5 nitrogen and oxygen atoms in total. The number of fused-ring (bicyclic) bond motifs is 1. The van der Waals surface area contributed by atoms with E-state index in [4.69, 9.17) is 27.9 Å². The fourth-order valence-corrected chi connectivity index (χ4v) is 4.86. The number of hydrogen-bond acceptors (Lipinski definition) is 3. The van der Waals surface area contributed by atoms with Crippen LogP contribution in [0.2, 0.25) is 10.0 Å². The number of amides is 2. The van der Waals surface area contributed by atoms with Crippen LogP contribution in [0, 0.1) is 17.8 Å². The second-order valence-electron chi connectivity index (χ2n) is 8.41. The van der Waals surface area contributed by atoms with Crippen molar-refractivity contribution in [1.29, 1.82) is 0 Å². The second-order valence-corrected chi connectivity index (χ2v) is 9.28. The van der Waals surface area contributed by atoms with Crippen molar-refractivity contribution in [1.82, 2.24) is 10.2 Å². The molecule has 2 aliphatic carbocycles. The van der Waals surface area contributed by atoms with Gasteiger partial charge in [0.2, 0.25) is 5.91 Å². The summed E-state index contributed by atoms with van der Waals surface area (Å²) in [5.74, 6) is 1.85. The van der Waals surface area contributed by atoms with Crippen LogP contribution < -0.4 is 10.1 Å². The summed E-state index contributed by atoms with van der Waals surface area (Å²) in [6, 6.07) is 14.9. The molecule has 0 bridgehead atoms. The van der Waals surface area contributed by atoms with E-state index in [9.17, 15) is 9.59 Å². The first kappa shape index (κ1) is 19.7. The number of halogens is 2. The number of nitrogens with one attached hydrogen (secondary N) is 1. The first-order valence-electron chi connectivity index (χ1n) is 10.2. The standard InChI is InChI=1S/C23H22Cl2N2O3/c24-14-3-1-13(2-4-14)17-9-18(17)23(29)27-10-19-20(11-27)22(19)26-21(28)12-30-16-7-5-15(25)6-8-16/h1-8,17-20,22H,9-12H2,(H,26,28)/t17?,18?,19-,20+,22?. The van der Waals surface area contributed by atoms with Gasteiger partial charge in [-0.2, -0.15) is 0 Å². The molecule has 1 aliphatic heterocycles. The van der Waals surface area contributed by atoms with Crippen molar-refractivity contribution in [2.75, 3.05) is 19.7 Å². The normalized spacial score (nSPS) is 28.6. The number of nitrogens with zero attached hydrogens (tertiary/aromatic N) is 1. The largest absolute Gasteiger partial charge is 0.484 e. The Kier molecular flexibility index (Phi) is 5.11. The van der Waals surface area contributed by atoms with Crippen molar-refractivity contribution in [2.24, 2.45) is 17.8 Å². The highest BCUT2D eigenvalue weighted by Gasteiger charge is 2.59. The van der Waals surface area contributed by atoms with E-state index in [0.29, 0.717) is 33.5 Å². The van der Waals surface area contributed by atoms with Crippen molar-refractivity contribution in [3.63, 3.8) is 0 Å². The summed E-state index contributed by atoms with van der Waals surface area (Å²) < 4.78 is 5.49. The van der Waals surface area contributed by atoms with E-state index in [2.05, 4.69) is 5.32 Å². The molecule has 2 aromatic rings. The molecule has 2 saturated carbocycles. The topological polar surface area (TPSA) is 58.6 Å². The SMILES string of the molecule is O=C(COc1ccc(Cl)cc1)NC1[C@H]2CN(C(=O)C3CC3c3ccc(Cl)cc3)C[C@@H]12. The molecule has 1 saturated heterocycles. The Morgan fingerprint density at radius 3 is 2.20 bits per heavy atom. The van der Waals surface area contributed by atoms with Crippen molar-refractivity contribution in [2.45, 2.75) is 18.4 Å². The van der Waals surface area contributed by atoms with E-state index in [1.807, 2.05) is 29.2 Å². The molecule has 0 radical (unpaired) electrons. The van der Waals surface area contributed by atoms with Gasteiger partial charge in [-0.15, -0.1) is 0 Å². The van der Waals surface area contributed by atoms with Crippen LogP contribution in [0.5, 0.6) is 5.75 Å². The fraction of sp³-hybridized carbons (Fsp3) is 0.391. The summed E-state index contributed by atoms with van der Waals surface area (Å²) in [4.78, 5) is 27.0. The molecule has 0 aromatic heterocycles. The summed E-state index contributed by atoms with van der Waals surface area (Å²) in [6.07, 6.45) is 0.911. The van der Waals surface area contributed by atoms with Crippen molar-refractivity contribution >= 4 is 35.0 Å². The summed E-state index contributed by atoms with van der Waals surface area (Å²) >= 11 is 11.8. The van der Waals surface area contributed by atoms with Gasteiger partial charge in [-0.1, -0.05) is 35.3 Å². The van der Waals surface area contributed by atoms with E-state index < -0.39 is 0 Å². The van der Waals surface area contributed by atoms with Gasteiger partial charge in [0.25, 0.3) is 5.91 Å². The lowest BCUT2D eigenvalue weighted by Crippen LogP contribution is -2.39. The minimum atomic E-state index is -0.132. The number of carbonyl (C=O) groups is 2. The Morgan fingerprint density at radius 2 is 1.57 bits per heavy atom. The van der Waals surface area contributed by atoms with Crippen LogP contribution >= 0.6 is 23.2 Å². The number of likely N-dealkylation sites (tertiary alicyclic amines) is 1. The van der Waals surface area contributed by atoms with Crippen LogP contribution in [0.3, 0.4) is 0 Å². The number of benzene rings is 2. The zero-order valence-corrected chi connectivity index (χ0v) is 17.8. The molecule has 156 valence electrons. The Bertz CT molecular complexity index is 951. The lowest BCUT2D eigenvalue weighted by atomic mass is 10.1. The minimum Gasteiger partial charge on any atom is -0.484 e. The molecule has 30 heavy (non-hydrogen) atoms. The van der Waals surface area contributed by atoms with Crippen LogP contribution in [0.1, 0.15) is 17.9 Å². The lowest BCUT2D eigenvalue weighted by molar-refractivity contribution is -0.132. The molecule has 5 atom stereocenters. The quantitative estimate of drug-likeness (QED) is 0.737. The van der Waals surface area contributed by atoms with E-state index in [1.165, 1.54) is 5.56 Å². The van der Waals surface area contributed by atoms with Gasteiger partial charge >= 0.3 is 0 Å². The molecule has 3 fully saturated rings. The zero-order valence-electron chi connectivity index (χ0n) is 16.3. The number of rotatable bonds is 6. The summed E-state index contributed by atoms with van der Waals surface area (Å²) in [6.45, 7) is 1.44. The highest BCUT2D eigenvalue weighted by atomic mass is 35.5. The van der Waals surface area contributed by atoms with Crippen molar-refractivity contribution in [3.05, 3.63) is 64.1 Å². The third-order valence-corrected chi connectivity index (χ3v) is 6.93. The van der Waals surface area contributed by atoms with E-state index in [1.54, 1.807) is 24.3 Å². The monoisotopic (exact) mass is 444 g/mol. The molecule has 5 rings (SSSR count). The molecule has 0 spiro atoms. The van der Waals surface area contributed by atoms with Gasteiger partial charge in [0, 0.05) is 46.9 Å². The summed E-state index contributed by atoms with van der Waals surface area (Å²) in [5.41, 5.74) is 1.19. The number of piperidine rings is 1. The van der Waals surface area contributed by atoms with E-state index in [-0.39, 0.29) is 30.4 Å². The molecule has 3 unspecified atom stereocenters. The van der Waals surface area contributed by atoms with Crippen LogP contribution in [0.4, 0.5) is 0 Å². The van der Waals surface area contributed by atoms with Gasteiger partial charge in [0.15, 0.2) is 6.61 Å². The maximum absolute atomic E-state index is 12.8. The smallest absolute Gasteiger partial charge is 0.258 e. The molecular formula is C23H22Cl2N2O3. The fourth-order valence-electron chi connectivity index (χ4n) is 4.61. The van der Waals surface area contributed by atoms with Gasteiger partial charge in [0.05, 0.1) is 0 Å². The molecule has 7 heteroatoms. The predicted octanol–water partition coefficient (Wildman–Crippen LogP) is 3.75. The number of carbonyl (C=O) groups excluding carboxylic acids is 2. The lowest BCUT2D eigenvalue weighted by Gasteiger charge is -2.20. The average molecular weight is 445 g/mol. The first-order chi connectivity index (χ1) is 14.5. The minimum absolute atomic E-state index is 0.0228. The maximum Gasteiger partial charge on any atom is 0.258 e. The number of ether oxygens (including phenoxy) is 1. The van der Waals surface area contributed by atoms with Crippen LogP contribution in [-0.4, -0.2) is 42.5 Å². The van der Waals surface area contributed by atoms with Crippen molar-refractivity contribution < 1.29 is 14.3 Å². The Hall–Kier alpha value is -2.24. The van der Waals surface area contributed by atoms with Gasteiger partial charge in [-0.05, 0) is 54.3 Å². The molecule has 2 aromatic carbocycles. The van der Waals surface area contributed by atoms with Gasteiger partial charge in [0.1, 0.15) is 5.75 Å². The molecule has 2 amide bonds. The van der Waals surface area contributed by atoms with Gasteiger partial charge in [-0.3, -0.25) is 9.59 Å². The van der Waals surface area contributed by atoms with Crippen LogP contribution in [0.25, 0.3) is 0 Å². The van der Waals surface area contributed by atoms with Crippen LogP contribution in [-0.2, 0) is 9.59 Å². The molecule has 1 heterocycles. The maximum atomic E-state index is 12.8. The van der Waals surface area contributed by atoms with E-state index in [0.717, 1.165) is 19.5 Å². The van der Waals surface area contributed by atoms with E-state index >= 15 is 0 Å². The highest BCUT2D eigenvalue weighted by molar-refractivity contribution is 6.30. The molecule has 3 aliphatic rings. The van der Waals surface area contributed by atoms with Crippen LogP contribution in [0.15, 0.2) is 48.5 Å². The Morgan fingerprint density at radius 1 is 0.967 bits per heavy atom. The molecule has 1 N–H and O–H groups in total. The third kappa shape index (κ3) is 4.01. The second kappa shape index (κ2) is 7.78. The predicted molar refractivity (Wildman–Crippen MR) is 115 cm³/mol. The van der Waals surface area contributed by atoms with Crippen molar-refractivity contribution in [3.8, 4) is 5.75 Å². The van der Waals surface area contributed by atoms with Gasteiger partial charge in [-0.25, -0.2) is 0 Å². The highest BCUT2D eigenvalue weighted by Crippen LogP contribution is 2.51. The summed E-state index contributed by atoms with van der Waals surface area (Å²) in [5, 5.41) is 4.38. The average Bonchev–Trinajstić information content (AvgIpc) is 3.62. The molecular weight excluding hydrogens is 423 g/mol.